The molecule has 0 bridgehead atoms. The van der Waals surface area contributed by atoms with Crippen molar-refractivity contribution < 1.29 is 9.47 Å². The number of ether oxygens (including phenoxy) is 2. The molecule has 0 saturated carbocycles. The van der Waals surface area contributed by atoms with Crippen molar-refractivity contribution in [1.29, 1.82) is 5.26 Å². The second kappa shape index (κ2) is 9.19. The molecule has 0 fully saturated rings. The smallest absolute Gasteiger partial charge is 0.161 e. The lowest BCUT2D eigenvalue weighted by Gasteiger charge is -2.11. The van der Waals surface area contributed by atoms with Crippen LogP contribution >= 0.6 is 11.8 Å². The summed E-state index contributed by atoms with van der Waals surface area (Å²) < 4.78 is 11.4. The lowest BCUT2D eigenvalue weighted by atomic mass is 10.1. The Morgan fingerprint density at radius 3 is 2.54 bits per heavy atom. The molecule has 1 heterocycles. The highest BCUT2D eigenvalue weighted by atomic mass is 32.2. The molecule has 0 spiro atoms. The highest BCUT2D eigenvalue weighted by Crippen LogP contribution is 2.27. The van der Waals surface area contributed by atoms with E-state index in [0.717, 1.165) is 40.0 Å². The first-order valence-electron chi connectivity index (χ1n) is 8.01. The SMILES string of the molecule is CCOc1ccccc1OCCCSc1nc(C)cc(C)c1C#N. The third-order valence-electron chi connectivity index (χ3n) is 3.36. The minimum atomic E-state index is 0.601. The normalized spacial score (nSPS) is 10.2. The third kappa shape index (κ3) is 4.90. The van der Waals surface area contributed by atoms with Crippen LogP contribution in [0.3, 0.4) is 0 Å². The maximum absolute atomic E-state index is 9.28. The minimum absolute atomic E-state index is 0.601. The fraction of sp³-hybridized carbons (Fsp3) is 0.368. The molecule has 0 aliphatic heterocycles. The average molecular weight is 342 g/mol. The van der Waals surface area contributed by atoms with Gasteiger partial charge in [-0.1, -0.05) is 12.1 Å². The largest absolute Gasteiger partial charge is 0.490 e. The van der Waals surface area contributed by atoms with E-state index in [1.165, 1.54) is 0 Å². The molecule has 0 atom stereocenters. The maximum atomic E-state index is 9.28. The predicted octanol–water partition coefficient (Wildman–Crippen LogP) is 4.53. The molecular formula is C19H22N2O2S. The van der Waals surface area contributed by atoms with Gasteiger partial charge in [-0.15, -0.1) is 11.8 Å². The van der Waals surface area contributed by atoms with Crippen LogP contribution in [0.25, 0.3) is 0 Å². The van der Waals surface area contributed by atoms with Gasteiger partial charge < -0.3 is 9.47 Å². The summed E-state index contributed by atoms with van der Waals surface area (Å²) in [7, 11) is 0. The van der Waals surface area contributed by atoms with Crippen LogP contribution in [-0.2, 0) is 0 Å². The Balaban J connectivity index is 1.85. The van der Waals surface area contributed by atoms with Crippen LogP contribution < -0.4 is 9.47 Å². The minimum Gasteiger partial charge on any atom is -0.490 e. The molecule has 4 nitrogen and oxygen atoms in total. The van der Waals surface area contributed by atoms with Crippen LogP contribution in [0.15, 0.2) is 35.4 Å². The molecule has 5 heteroatoms. The van der Waals surface area contributed by atoms with E-state index in [0.29, 0.717) is 18.8 Å². The summed E-state index contributed by atoms with van der Waals surface area (Å²) in [4.78, 5) is 4.48. The molecule has 1 aromatic heterocycles. The Morgan fingerprint density at radius 1 is 1.17 bits per heavy atom. The van der Waals surface area contributed by atoms with Gasteiger partial charge >= 0.3 is 0 Å². The average Bonchev–Trinajstić information content (AvgIpc) is 2.56. The number of hydrogen-bond donors (Lipinski definition) is 0. The number of para-hydroxylation sites is 2. The van der Waals surface area contributed by atoms with Gasteiger partial charge in [-0.3, -0.25) is 0 Å². The Labute approximate surface area is 147 Å². The molecule has 0 N–H and O–H groups in total. The fourth-order valence-corrected chi connectivity index (χ4v) is 3.31. The van der Waals surface area contributed by atoms with E-state index in [2.05, 4.69) is 11.1 Å². The lowest BCUT2D eigenvalue weighted by molar-refractivity contribution is 0.277. The van der Waals surface area contributed by atoms with Crippen molar-refractivity contribution in [2.24, 2.45) is 0 Å². The number of benzene rings is 1. The van der Waals surface area contributed by atoms with Gasteiger partial charge in [0.15, 0.2) is 11.5 Å². The van der Waals surface area contributed by atoms with E-state index in [1.807, 2.05) is 51.1 Å². The van der Waals surface area contributed by atoms with Crippen LogP contribution in [-0.4, -0.2) is 24.0 Å². The zero-order chi connectivity index (χ0) is 17.4. The third-order valence-corrected chi connectivity index (χ3v) is 4.42. The molecule has 0 radical (unpaired) electrons. The van der Waals surface area contributed by atoms with Gasteiger partial charge in [0.05, 0.1) is 18.8 Å². The van der Waals surface area contributed by atoms with E-state index in [-0.39, 0.29) is 0 Å². The summed E-state index contributed by atoms with van der Waals surface area (Å²) in [6, 6.07) is 11.9. The molecule has 0 saturated heterocycles. The van der Waals surface area contributed by atoms with Crippen molar-refractivity contribution in [2.75, 3.05) is 19.0 Å². The Morgan fingerprint density at radius 2 is 1.88 bits per heavy atom. The van der Waals surface area contributed by atoms with Crippen LogP contribution in [0.5, 0.6) is 11.5 Å². The summed E-state index contributed by atoms with van der Waals surface area (Å²) in [5, 5.41) is 10.1. The Kier molecular flexibility index (Phi) is 6.95. The van der Waals surface area contributed by atoms with Gasteiger partial charge in [0.2, 0.25) is 0 Å². The highest BCUT2D eigenvalue weighted by Gasteiger charge is 2.09. The first kappa shape index (κ1) is 18.2. The van der Waals surface area contributed by atoms with E-state index in [4.69, 9.17) is 9.47 Å². The van der Waals surface area contributed by atoms with Gasteiger partial charge in [0, 0.05) is 11.4 Å². The molecule has 0 aliphatic rings. The number of thioether (sulfide) groups is 1. The van der Waals surface area contributed by atoms with Crippen molar-refractivity contribution >= 4 is 11.8 Å². The molecule has 2 rings (SSSR count). The maximum Gasteiger partial charge on any atom is 0.161 e. The number of aryl methyl sites for hydroxylation is 2. The van der Waals surface area contributed by atoms with Crippen LogP contribution in [0, 0.1) is 25.2 Å². The zero-order valence-corrected chi connectivity index (χ0v) is 15.2. The summed E-state index contributed by atoms with van der Waals surface area (Å²) in [5.74, 6) is 2.39. The van der Waals surface area contributed by atoms with E-state index in [9.17, 15) is 5.26 Å². The van der Waals surface area contributed by atoms with Gasteiger partial charge in [0.25, 0.3) is 0 Å². The first-order valence-corrected chi connectivity index (χ1v) is 9.00. The molecule has 24 heavy (non-hydrogen) atoms. The van der Waals surface area contributed by atoms with Gasteiger partial charge in [0.1, 0.15) is 11.1 Å². The molecule has 0 aliphatic carbocycles. The lowest BCUT2D eigenvalue weighted by Crippen LogP contribution is -2.02. The Hall–Kier alpha value is -2.19. The molecule has 1 aromatic carbocycles. The number of pyridine rings is 1. The molecule has 0 unspecified atom stereocenters. The summed E-state index contributed by atoms with van der Waals surface area (Å²) >= 11 is 1.60. The number of rotatable bonds is 8. The quantitative estimate of drug-likeness (QED) is 0.521. The fourth-order valence-electron chi connectivity index (χ4n) is 2.30. The predicted molar refractivity (Wildman–Crippen MR) is 96.9 cm³/mol. The second-order valence-electron chi connectivity index (χ2n) is 5.30. The zero-order valence-electron chi connectivity index (χ0n) is 14.3. The molecule has 126 valence electrons. The van der Waals surface area contributed by atoms with Gasteiger partial charge in [-0.05, 0) is 51.0 Å². The second-order valence-corrected chi connectivity index (χ2v) is 6.39. The number of hydrogen-bond acceptors (Lipinski definition) is 5. The van der Waals surface area contributed by atoms with Crippen molar-refractivity contribution in [1.82, 2.24) is 4.98 Å². The first-order chi connectivity index (χ1) is 11.7. The van der Waals surface area contributed by atoms with Gasteiger partial charge in [-0.2, -0.15) is 5.26 Å². The van der Waals surface area contributed by atoms with E-state index >= 15 is 0 Å². The number of nitriles is 1. The monoisotopic (exact) mass is 342 g/mol. The van der Waals surface area contributed by atoms with Crippen LogP contribution in [0.1, 0.15) is 30.2 Å². The highest BCUT2D eigenvalue weighted by molar-refractivity contribution is 7.99. The van der Waals surface area contributed by atoms with Crippen LogP contribution in [0.2, 0.25) is 0 Å². The van der Waals surface area contributed by atoms with Crippen molar-refractivity contribution in [3.63, 3.8) is 0 Å². The van der Waals surface area contributed by atoms with Crippen molar-refractivity contribution in [2.45, 2.75) is 32.2 Å². The van der Waals surface area contributed by atoms with Crippen molar-refractivity contribution in [3.8, 4) is 17.6 Å². The van der Waals surface area contributed by atoms with E-state index < -0.39 is 0 Å². The summed E-state index contributed by atoms with van der Waals surface area (Å²) in [6.45, 7) is 7.07. The van der Waals surface area contributed by atoms with Crippen LogP contribution in [0.4, 0.5) is 0 Å². The van der Waals surface area contributed by atoms with E-state index in [1.54, 1.807) is 11.8 Å². The topological polar surface area (TPSA) is 55.1 Å². The van der Waals surface area contributed by atoms with Crippen molar-refractivity contribution in [3.05, 3.63) is 47.2 Å². The summed E-state index contributed by atoms with van der Waals surface area (Å²) in [6.07, 6.45) is 0.866. The molecule has 2 aromatic rings. The molecular weight excluding hydrogens is 320 g/mol. The molecule has 0 amide bonds. The summed E-state index contributed by atoms with van der Waals surface area (Å²) in [5.41, 5.74) is 2.60. The standard InChI is InChI=1S/C19H22N2O2S/c1-4-22-17-8-5-6-9-18(17)23-10-7-11-24-19-16(13-20)14(2)12-15(3)21-19/h5-6,8-9,12H,4,7,10-11H2,1-3H3. The number of aromatic nitrogens is 1. The Bertz CT molecular complexity index is 726. The van der Waals surface area contributed by atoms with Gasteiger partial charge in [-0.25, -0.2) is 4.98 Å². The number of nitrogens with zero attached hydrogens (tertiary/aromatic N) is 2.